The summed E-state index contributed by atoms with van der Waals surface area (Å²) in [7, 11) is 0. The zero-order valence-corrected chi connectivity index (χ0v) is 13.6. The summed E-state index contributed by atoms with van der Waals surface area (Å²) in [4.78, 5) is 24.4. The van der Waals surface area contributed by atoms with Gasteiger partial charge in [0.25, 0.3) is 0 Å². The van der Waals surface area contributed by atoms with Crippen molar-refractivity contribution in [3.8, 4) is 0 Å². The standard InChI is InChI=1S/C17H19F4NO3/c1-10(5-6-11-3-2-4-12(18)7-11)15(23)22-8-13(16(24)25)14(9-22)17(19,20)21/h2-4,7,10,13-14H,5-6,8-9H2,1H3,(H,24,25)/t10?,13-,14-/m1/s1. The Balaban J connectivity index is 1.98. The molecule has 0 aromatic heterocycles. The van der Waals surface area contributed by atoms with E-state index in [-0.39, 0.29) is 0 Å². The van der Waals surface area contributed by atoms with Crippen LogP contribution in [0.3, 0.4) is 0 Å². The topological polar surface area (TPSA) is 57.6 Å². The number of hydrogen-bond acceptors (Lipinski definition) is 2. The van der Waals surface area contributed by atoms with E-state index in [0.29, 0.717) is 18.4 Å². The minimum absolute atomic E-state index is 0.340. The van der Waals surface area contributed by atoms with Crippen LogP contribution in [0.1, 0.15) is 18.9 Å². The molecule has 1 amide bonds. The number of benzene rings is 1. The van der Waals surface area contributed by atoms with E-state index in [1.807, 2.05) is 0 Å². The quantitative estimate of drug-likeness (QED) is 0.820. The molecule has 25 heavy (non-hydrogen) atoms. The van der Waals surface area contributed by atoms with Crippen LogP contribution in [0.4, 0.5) is 17.6 Å². The normalized spacial score (nSPS) is 22.0. The van der Waals surface area contributed by atoms with E-state index in [2.05, 4.69) is 0 Å². The van der Waals surface area contributed by atoms with Crippen LogP contribution in [0.25, 0.3) is 0 Å². The lowest BCUT2D eigenvalue weighted by atomic mass is 9.96. The van der Waals surface area contributed by atoms with Crippen LogP contribution in [0, 0.1) is 23.6 Å². The molecule has 0 radical (unpaired) electrons. The van der Waals surface area contributed by atoms with Gasteiger partial charge in [0.05, 0.1) is 11.8 Å². The van der Waals surface area contributed by atoms with Crippen LogP contribution >= 0.6 is 0 Å². The summed E-state index contributed by atoms with van der Waals surface area (Å²) in [6.07, 6.45) is -3.92. The third kappa shape index (κ3) is 4.70. The molecule has 1 unspecified atom stereocenters. The molecule has 0 aliphatic carbocycles. The van der Waals surface area contributed by atoms with Gasteiger partial charge in [-0.3, -0.25) is 9.59 Å². The SMILES string of the molecule is CC(CCc1cccc(F)c1)C(=O)N1C[C@@H](C(F)(F)F)[C@H](C(=O)O)C1. The molecular formula is C17H19F4NO3. The number of nitrogens with zero attached hydrogens (tertiary/aromatic N) is 1. The van der Waals surface area contributed by atoms with Crippen LogP contribution in [-0.4, -0.2) is 41.1 Å². The van der Waals surface area contributed by atoms with Crippen LogP contribution < -0.4 is 0 Å². The number of amides is 1. The van der Waals surface area contributed by atoms with Gasteiger partial charge in [-0.1, -0.05) is 19.1 Å². The Kier molecular flexibility index (Phi) is 5.69. The molecule has 3 atom stereocenters. The largest absolute Gasteiger partial charge is 0.481 e. The molecule has 138 valence electrons. The van der Waals surface area contributed by atoms with E-state index in [4.69, 9.17) is 5.11 Å². The lowest BCUT2D eigenvalue weighted by Crippen LogP contribution is -2.35. The van der Waals surface area contributed by atoms with Crippen molar-refractivity contribution in [2.24, 2.45) is 17.8 Å². The number of carboxylic acids is 1. The number of carbonyl (C=O) groups excluding carboxylic acids is 1. The predicted molar refractivity (Wildman–Crippen MR) is 81.1 cm³/mol. The summed E-state index contributed by atoms with van der Waals surface area (Å²) in [5, 5.41) is 8.99. The second-order valence-electron chi connectivity index (χ2n) is 6.41. The van der Waals surface area contributed by atoms with Crippen molar-refractivity contribution in [1.82, 2.24) is 4.90 Å². The van der Waals surface area contributed by atoms with Crippen molar-refractivity contribution in [3.05, 3.63) is 35.6 Å². The van der Waals surface area contributed by atoms with Crippen molar-refractivity contribution < 1.29 is 32.3 Å². The summed E-state index contributed by atoms with van der Waals surface area (Å²) in [5.74, 6) is -6.72. The van der Waals surface area contributed by atoms with Gasteiger partial charge in [-0.2, -0.15) is 13.2 Å². The third-order valence-electron chi connectivity index (χ3n) is 4.55. The lowest BCUT2D eigenvalue weighted by molar-refractivity contribution is -0.188. The predicted octanol–water partition coefficient (Wildman–Crippen LogP) is 3.12. The van der Waals surface area contributed by atoms with Gasteiger partial charge in [-0.25, -0.2) is 4.39 Å². The maximum Gasteiger partial charge on any atom is 0.394 e. The Morgan fingerprint density at radius 3 is 2.52 bits per heavy atom. The summed E-state index contributed by atoms with van der Waals surface area (Å²) in [5.41, 5.74) is 0.692. The third-order valence-corrected chi connectivity index (χ3v) is 4.55. The number of likely N-dealkylation sites (tertiary alicyclic amines) is 1. The van der Waals surface area contributed by atoms with Crippen LogP contribution in [0.2, 0.25) is 0 Å². The maximum atomic E-state index is 13.1. The van der Waals surface area contributed by atoms with Crippen molar-refractivity contribution in [2.45, 2.75) is 25.9 Å². The second kappa shape index (κ2) is 7.41. The Morgan fingerprint density at radius 1 is 1.32 bits per heavy atom. The molecule has 1 aromatic rings. The first-order valence-corrected chi connectivity index (χ1v) is 7.92. The highest BCUT2D eigenvalue weighted by molar-refractivity contribution is 5.80. The molecule has 1 N–H and O–H groups in total. The maximum absolute atomic E-state index is 13.1. The fraction of sp³-hybridized carbons (Fsp3) is 0.529. The molecule has 1 aliphatic heterocycles. The molecule has 4 nitrogen and oxygen atoms in total. The number of alkyl halides is 3. The van der Waals surface area contributed by atoms with Crippen molar-refractivity contribution in [1.29, 1.82) is 0 Å². The fourth-order valence-electron chi connectivity index (χ4n) is 3.08. The first-order valence-electron chi connectivity index (χ1n) is 7.92. The van der Waals surface area contributed by atoms with Gasteiger partial charge in [0.2, 0.25) is 5.91 Å². The molecule has 1 saturated heterocycles. The van der Waals surface area contributed by atoms with Gasteiger partial charge < -0.3 is 10.0 Å². The van der Waals surface area contributed by atoms with E-state index in [1.165, 1.54) is 12.1 Å². The monoisotopic (exact) mass is 361 g/mol. The minimum atomic E-state index is -4.66. The molecule has 0 spiro atoms. The van der Waals surface area contributed by atoms with Gasteiger partial charge in [-0.05, 0) is 30.5 Å². The molecule has 8 heteroatoms. The highest BCUT2D eigenvalue weighted by Gasteiger charge is 2.53. The number of aryl methyl sites for hydroxylation is 1. The lowest BCUT2D eigenvalue weighted by Gasteiger charge is -2.21. The highest BCUT2D eigenvalue weighted by Crippen LogP contribution is 2.38. The van der Waals surface area contributed by atoms with Crippen LogP contribution in [0.5, 0.6) is 0 Å². The molecule has 1 aliphatic rings. The number of carbonyl (C=O) groups is 2. The van der Waals surface area contributed by atoms with Gasteiger partial charge >= 0.3 is 12.1 Å². The van der Waals surface area contributed by atoms with Gasteiger partial charge in [0, 0.05) is 19.0 Å². The molecule has 0 saturated carbocycles. The zero-order valence-electron chi connectivity index (χ0n) is 13.6. The molecule has 1 aromatic carbocycles. The number of aliphatic carboxylic acids is 1. The minimum Gasteiger partial charge on any atom is -0.481 e. The summed E-state index contributed by atoms with van der Waals surface area (Å²) >= 11 is 0. The smallest absolute Gasteiger partial charge is 0.394 e. The zero-order chi connectivity index (χ0) is 18.8. The second-order valence-corrected chi connectivity index (χ2v) is 6.41. The molecule has 2 rings (SSSR count). The van der Waals surface area contributed by atoms with Crippen LogP contribution in [-0.2, 0) is 16.0 Å². The Morgan fingerprint density at radius 2 is 2.00 bits per heavy atom. The van der Waals surface area contributed by atoms with Crippen LogP contribution in [0.15, 0.2) is 24.3 Å². The van der Waals surface area contributed by atoms with Gasteiger partial charge in [-0.15, -0.1) is 0 Å². The summed E-state index contributed by atoms with van der Waals surface area (Å²) in [6.45, 7) is 0.505. The van der Waals surface area contributed by atoms with Crippen molar-refractivity contribution in [3.63, 3.8) is 0 Å². The fourth-order valence-corrected chi connectivity index (χ4v) is 3.08. The van der Waals surface area contributed by atoms with E-state index in [9.17, 15) is 27.2 Å². The number of hydrogen-bond donors (Lipinski definition) is 1. The Bertz CT molecular complexity index is 647. The molecular weight excluding hydrogens is 342 g/mol. The first-order chi connectivity index (χ1) is 11.6. The van der Waals surface area contributed by atoms with E-state index in [1.54, 1.807) is 19.1 Å². The van der Waals surface area contributed by atoms with E-state index < -0.39 is 54.7 Å². The van der Waals surface area contributed by atoms with E-state index in [0.717, 1.165) is 4.90 Å². The Labute approximate surface area is 142 Å². The van der Waals surface area contributed by atoms with Gasteiger partial charge in [0.1, 0.15) is 5.82 Å². The molecule has 1 heterocycles. The van der Waals surface area contributed by atoms with E-state index >= 15 is 0 Å². The first kappa shape index (κ1) is 19.2. The summed E-state index contributed by atoms with van der Waals surface area (Å²) < 4.78 is 52.1. The highest BCUT2D eigenvalue weighted by atomic mass is 19.4. The summed E-state index contributed by atoms with van der Waals surface area (Å²) in [6, 6.07) is 5.89. The van der Waals surface area contributed by atoms with Crippen molar-refractivity contribution >= 4 is 11.9 Å². The number of carboxylic acid groups (broad SMARTS) is 1. The van der Waals surface area contributed by atoms with Crippen molar-refractivity contribution in [2.75, 3.05) is 13.1 Å². The Hall–Kier alpha value is -2.12. The average molecular weight is 361 g/mol. The molecule has 1 fully saturated rings. The molecule has 0 bridgehead atoms. The van der Waals surface area contributed by atoms with Gasteiger partial charge in [0.15, 0.2) is 0 Å². The average Bonchev–Trinajstić information content (AvgIpc) is 2.97. The number of halogens is 4. The number of rotatable bonds is 5.